The average Bonchev–Trinajstić information content (AvgIpc) is 3.17. The first-order chi connectivity index (χ1) is 18.4. The summed E-state index contributed by atoms with van der Waals surface area (Å²) in [7, 11) is 2.21. The van der Waals surface area contributed by atoms with E-state index in [0.717, 1.165) is 64.1 Å². The van der Waals surface area contributed by atoms with Crippen molar-refractivity contribution >= 4 is 17.4 Å². The van der Waals surface area contributed by atoms with E-state index in [0.29, 0.717) is 30.1 Å². The monoisotopic (exact) mass is 523 g/mol. The van der Waals surface area contributed by atoms with Crippen molar-refractivity contribution in [3.63, 3.8) is 0 Å². The molecule has 2 fully saturated rings. The minimum Gasteiger partial charge on any atom is -0.371 e. The second-order valence-electron chi connectivity index (χ2n) is 10.9. The minimum atomic E-state index is -0.386. The summed E-state index contributed by atoms with van der Waals surface area (Å²) >= 11 is 0. The number of likely N-dealkylation sites (N-methyl/N-ethyl adjacent to an activating group) is 1. The molecule has 38 heavy (non-hydrogen) atoms. The van der Waals surface area contributed by atoms with E-state index >= 15 is 0 Å². The fraction of sp³-hybridized carbons (Fsp3) is 0.600. The van der Waals surface area contributed by atoms with Crippen molar-refractivity contribution in [2.45, 2.75) is 71.1 Å². The molecule has 2 N–H and O–H groups in total. The predicted octanol–water partition coefficient (Wildman–Crippen LogP) is 4.28. The highest BCUT2D eigenvalue weighted by molar-refractivity contribution is 5.95. The summed E-state index contributed by atoms with van der Waals surface area (Å²) in [5, 5.41) is 3.79. The topological polar surface area (TPSA) is 78.4 Å². The van der Waals surface area contributed by atoms with Crippen molar-refractivity contribution in [1.29, 1.82) is 0 Å². The van der Waals surface area contributed by atoms with Gasteiger partial charge in [0.05, 0.1) is 5.57 Å². The van der Waals surface area contributed by atoms with Crippen LogP contribution in [0.5, 0.6) is 0 Å². The van der Waals surface area contributed by atoms with Crippen LogP contribution in [0, 0.1) is 12.8 Å². The van der Waals surface area contributed by atoms with Gasteiger partial charge in [-0.1, -0.05) is 30.4 Å². The molecule has 8 nitrogen and oxygen atoms in total. The van der Waals surface area contributed by atoms with Crippen LogP contribution in [0.25, 0.3) is 0 Å². The second-order valence-corrected chi connectivity index (χ2v) is 10.9. The third kappa shape index (κ3) is 7.04. The van der Waals surface area contributed by atoms with E-state index in [1.807, 2.05) is 6.92 Å². The zero-order valence-corrected chi connectivity index (χ0v) is 23.5. The lowest BCUT2D eigenvalue weighted by Crippen LogP contribution is -2.41. The van der Waals surface area contributed by atoms with Crippen LogP contribution in [0.1, 0.15) is 63.0 Å². The van der Waals surface area contributed by atoms with Gasteiger partial charge in [-0.3, -0.25) is 4.79 Å². The summed E-state index contributed by atoms with van der Waals surface area (Å²) in [5.74, 6) is 1.73. The molecule has 0 bridgehead atoms. The molecule has 1 aromatic carbocycles. The van der Waals surface area contributed by atoms with Crippen LogP contribution in [0.4, 0.5) is 5.69 Å². The number of fused-ring (bicyclic) bond motifs is 1. The zero-order valence-electron chi connectivity index (χ0n) is 23.5. The molecule has 1 amide bonds. The van der Waals surface area contributed by atoms with E-state index in [-0.39, 0.29) is 12.2 Å². The maximum Gasteiger partial charge on any atom is 0.276 e. The number of nitrogens with zero attached hydrogens (tertiary/aromatic N) is 3. The van der Waals surface area contributed by atoms with Gasteiger partial charge in [-0.25, -0.2) is 15.3 Å². The van der Waals surface area contributed by atoms with Gasteiger partial charge in [0.1, 0.15) is 5.84 Å². The Morgan fingerprint density at radius 2 is 2.03 bits per heavy atom. The number of nitrogens with one attached hydrogen (secondary N) is 2. The number of hydroxylamine groups is 1. The highest BCUT2D eigenvalue weighted by Gasteiger charge is 2.33. The molecule has 8 heteroatoms. The summed E-state index contributed by atoms with van der Waals surface area (Å²) in [4.78, 5) is 27.1. The molecule has 1 aromatic rings. The molecule has 4 rings (SSSR count). The van der Waals surface area contributed by atoms with Crippen molar-refractivity contribution in [1.82, 2.24) is 15.7 Å². The first-order valence-corrected chi connectivity index (χ1v) is 14.1. The Labute approximate surface area is 228 Å². The van der Waals surface area contributed by atoms with Crippen molar-refractivity contribution in [3.8, 4) is 0 Å². The van der Waals surface area contributed by atoms with Crippen molar-refractivity contribution in [3.05, 3.63) is 53.8 Å². The summed E-state index contributed by atoms with van der Waals surface area (Å²) in [5.41, 5.74) is 7.01. The Bertz CT molecular complexity index is 1020. The predicted molar refractivity (Wildman–Crippen MR) is 153 cm³/mol. The number of amides is 1. The number of likely N-dealkylation sites (tertiary alicyclic amines) is 1. The third-order valence-electron chi connectivity index (χ3n) is 8.32. The average molecular weight is 524 g/mol. The van der Waals surface area contributed by atoms with E-state index in [9.17, 15) is 4.79 Å². The Kier molecular flexibility index (Phi) is 9.99. The Morgan fingerprint density at radius 3 is 2.74 bits per heavy atom. The molecule has 3 atom stereocenters. The standard InChI is InChI=1S/C30H45N5O3/c1-6-25(30(36)33-38-29-9-7-8-16-37-29)19-32-23(4)35-14-12-24(13-15-35)18-31-20-27-22(3)34(5)28-11-10-21(2)17-26(27)28/h6,10-11,17,19,22,24,27,29,31H,1,7-9,12-16,18,20H2,2-5H3,(H,33,36)/b25-19+,32-23?. The minimum absolute atomic E-state index is 0.364. The number of carbonyl (C=O) groups is 1. The lowest BCUT2D eigenvalue weighted by Gasteiger charge is -2.33. The molecule has 3 aliphatic heterocycles. The fourth-order valence-corrected chi connectivity index (χ4v) is 5.66. The van der Waals surface area contributed by atoms with Gasteiger partial charge in [-0.2, -0.15) is 0 Å². The van der Waals surface area contributed by atoms with Crippen LogP contribution < -0.4 is 15.7 Å². The molecule has 3 aliphatic rings. The Morgan fingerprint density at radius 1 is 1.24 bits per heavy atom. The van der Waals surface area contributed by atoms with Crippen LogP contribution in [0.3, 0.4) is 0 Å². The van der Waals surface area contributed by atoms with Crippen LogP contribution in [-0.4, -0.2) is 68.8 Å². The first-order valence-electron chi connectivity index (χ1n) is 14.1. The van der Waals surface area contributed by atoms with Gasteiger partial charge in [0, 0.05) is 63.6 Å². The molecule has 0 spiro atoms. The summed E-state index contributed by atoms with van der Waals surface area (Å²) < 4.78 is 5.48. The lowest BCUT2D eigenvalue weighted by molar-refractivity contribution is -0.198. The highest BCUT2D eigenvalue weighted by atomic mass is 16.8. The molecule has 0 aromatic heterocycles. The molecule has 0 saturated carbocycles. The maximum atomic E-state index is 12.4. The number of hydrogen-bond acceptors (Lipinski definition) is 6. The molecule has 2 saturated heterocycles. The highest BCUT2D eigenvalue weighted by Crippen LogP contribution is 2.40. The lowest BCUT2D eigenvalue weighted by atomic mass is 9.93. The van der Waals surface area contributed by atoms with Gasteiger partial charge < -0.3 is 19.9 Å². The number of hydrogen-bond donors (Lipinski definition) is 2. The molecule has 0 radical (unpaired) electrons. The van der Waals surface area contributed by atoms with Crippen molar-refractivity contribution < 1.29 is 14.4 Å². The largest absolute Gasteiger partial charge is 0.371 e. The summed E-state index contributed by atoms with van der Waals surface area (Å²) in [6.45, 7) is 14.9. The number of anilines is 1. The van der Waals surface area contributed by atoms with Crippen LogP contribution >= 0.6 is 0 Å². The molecule has 0 aliphatic carbocycles. The third-order valence-corrected chi connectivity index (χ3v) is 8.32. The number of ether oxygens (including phenoxy) is 1. The van der Waals surface area contributed by atoms with Gasteiger partial charge in [0.2, 0.25) is 0 Å². The normalized spacial score (nSPS) is 24.9. The molecule has 3 unspecified atom stereocenters. The first kappa shape index (κ1) is 28.3. The summed E-state index contributed by atoms with van der Waals surface area (Å²) in [6.07, 6.45) is 7.77. The number of carbonyl (C=O) groups excluding carboxylic acids is 1. The van der Waals surface area contributed by atoms with Gasteiger partial charge in [0.15, 0.2) is 6.29 Å². The quantitative estimate of drug-likeness (QED) is 0.165. The Hall–Kier alpha value is -2.68. The van der Waals surface area contributed by atoms with Gasteiger partial charge in [-0.15, -0.1) is 0 Å². The zero-order chi connectivity index (χ0) is 27.1. The number of piperidine rings is 1. The van der Waals surface area contributed by atoms with E-state index in [2.05, 4.69) is 71.3 Å². The fourth-order valence-electron chi connectivity index (χ4n) is 5.66. The SMILES string of the molecule is C=C/C(=C\N=C(C)N1CCC(CNCC2c3cc(C)ccc3N(C)C2C)CC1)C(=O)NOC1CCCCO1. The number of aliphatic imine (C=N–C) groups is 1. The van der Waals surface area contributed by atoms with E-state index in [4.69, 9.17) is 9.57 Å². The molecular weight excluding hydrogens is 478 g/mol. The van der Waals surface area contributed by atoms with Crippen LogP contribution in [0.15, 0.2) is 47.6 Å². The van der Waals surface area contributed by atoms with Crippen molar-refractivity contribution in [2.24, 2.45) is 10.9 Å². The van der Waals surface area contributed by atoms with Crippen molar-refractivity contribution in [2.75, 3.05) is 44.7 Å². The van der Waals surface area contributed by atoms with Gasteiger partial charge in [-0.05, 0) is 70.5 Å². The summed E-state index contributed by atoms with van der Waals surface area (Å²) in [6, 6.07) is 7.33. The number of benzene rings is 1. The van der Waals surface area contributed by atoms with E-state index in [1.54, 1.807) is 6.20 Å². The number of amidine groups is 1. The molecule has 208 valence electrons. The van der Waals surface area contributed by atoms with Gasteiger partial charge >= 0.3 is 0 Å². The van der Waals surface area contributed by atoms with E-state index in [1.165, 1.54) is 22.9 Å². The molecular formula is C30H45N5O3. The maximum absolute atomic E-state index is 12.4. The van der Waals surface area contributed by atoms with E-state index < -0.39 is 0 Å². The molecule has 3 heterocycles. The Balaban J connectivity index is 1.20. The van der Waals surface area contributed by atoms with Crippen LogP contribution in [-0.2, 0) is 14.4 Å². The van der Waals surface area contributed by atoms with Gasteiger partial charge in [0.25, 0.3) is 5.91 Å². The van der Waals surface area contributed by atoms with Crippen LogP contribution in [0.2, 0.25) is 0 Å². The smallest absolute Gasteiger partial charge is 0.276 e. The number of aryl methyl sites for hydroxylation is 1. The number of rotatable bonds is 9. The second kappa shape index (κ2) is 13.4.